The second-order valence-electron chi connectivity index (χ2n) is 5.72. The Balaban J connectivity index is 0.000000878. The lowest BCUT2D eigenvalue weighted by Crippen LogP contribution is -2.10. The number of hydrogen-bond acceptors (Lipinski definition) is 5. The molecule has 8 heteroatoms. The van der Waals surface area contributed by atoms with Crippen LogP contribution in [0.5, 0.6) is 0 Å². The first-order chi connectivity index (χ1) is 13.4. The summed E-state index contributed by atoms with van der Waals surface area (Å²) < 4.78 is 4.61. The minimum Gasteiger partial charge on any atom is -0.483 e. The number of fused-ring (bicyclic) bond motifs is 1. The Morgan fingerprint density at radius 1 is 1.14 bits per heavy atom. The number of carbonyl (C=O) groups is 3. The largest absolute Gasteiger partial charge is 0.483 e. The highest BCUT2D eigenvalue weighted by atomic mass is 16.5. The monoisotopic (exact) mass is 381 g/mol. The Hall–Kier alpha value is -3.94. The zero-order chi connectivity index (χ0) is 20.7. The molecule has 2 amide bonds. The number of carbonyl (C=O) groups excluding carboxylic acids is 2. The number of aryl methyl sites for hydroxylation is 1. The number of carboxylic acid groups (broad SMARTS) is 1. The third-order valence-corrected chi connectivity index (χ3v) is 3.91. The van der Waals surface area contributed by atoms with Gasteiger partial charge in [0.15, 0.2) is 0 Å². The van der Waals surface area contributed by atoms with Crippen molar-refractivity contribution in [1.82, 2.24) is 4.98 Å². The topological polar surface area (TPSA) is 132 Å². The van der Waals surface area contributed by atoms with Crippen LogP contribution in [0, 0.1) is 6.92 Å². The molecule has 0 spiro atoms. The summed E-state index contributed by atoms with van der Waals surface area (Å²) in [5.74, 6) is -0.465. The summed E-state index contributed by atoms with van der Waals surface area (Å²) in [5, 5.41) is 10.5. The molecular weight excluding hydrogens is 362 g/mol. The number of nitrogens with zero attached hydrogens (tertiary/aromatic N) is 1. The van der Waals surface area contributed by atoms with Gasteiger partial charge < -0.3 is 15.6 Å². The van der Waals surface area contributed by atoms with Gasteiger partial charge in [0.05, 0.1) is 18.3 Å². The maximum absolute atomic E-state index is 11.4. The lowest BCUT2D eigenvalue weighted by atomic mass is 10.0. The van der Waals surface area contributed by atoms with E-state index in [9.17, 15) is 9.59 Å². The normalized spacial score (nSPS) is 9.79. The number of rotatable bonds is 3. The molecule has 0 unspecified atom stereocenters. The quantitative estimate of drug-likeness (QED) is 0.597. The fraction of sp³-hybridized carbons (Fsp3) is 0.100. The van der Waals surface area contributed by atoms with Crippen molar-refractivity contribution in [2.75, 3.05) is 12.4 Å². The molecular formula is C20H19N3O5. The number of methoxy groups -OCH3 is 1. The molecule has 144 valence electrons. The highest BCUT2D eigenvalue weighted by Gasteiger charge is 2.08. The smallest absolute Gasteiger partial charge is 0.411 e. The van der Waals surface area contributed by atoms with Crippen molar-refractivity contribution >= 4 is 35.1 Å². The first kappa shape index (κ1) is 20.4. The fourth-order valence-corrected chi connectivity index (χ4v) is 2.60. The van der Waals surface area contributed by atoms with E-state index in [0.717, 1.165) is 27.7 Å². The van der Waals surface area contributed by atoms with Gasteiger partial charge in [-0.2, -0.15) is 0 Å². The number of pyridine rings is 1. The van der Waals surface area contributed by atoms with Crippen LogP contribution < -0.4 is 11.1 Å². The molecule has 4 N–H and O–H groups in total. The van der Waals surface area contributed by atoms with Crippen LogP contribution in [0.15, 0.2) is 48.5 Å². The first-order valence-electron chi connectivity index (χ1n) is 8.14. The second-order valence-corrected chi connectivity index (χ2v) is 5.72. The molecule has 0 aliphatic heterocycles. The maximum Gasteiger partial charge on any atom is 0.411 e. The summed E-state index contributed by atoms with van der Waals surface area (Å²) in [5.41, 5.74) is 9.79. The summed E-state index contributed by atoms with van der Waals surface area (Å²) in [7, 11) is 1.31. The van der Waals surface area contributed by atoms with Gasteiger partial charge in [0.1, 0.15) is 0 Å². The molecule has 0 saturated carbocycles. The summed E-state index contributed by atoms with van der Waals surface area (Å²) in [6.07, 6.45) is -0.533. The minimum absolute atomic E-state index is 0.250. The maximum atomic E-state index is 11.4. The molecule has 1 heterocycles. The number of aromatic nitrogens is 1. The number of primary amides is 1. The minimum atomic E-state index is -0.533. The molecule has 1 aromatic heterocycles. The number of nitrogens with two attached hydrogens (primary N) is 1. The predicted octanol–water partition coefficient (Wildman–Crippen LogP) is 3.19. The van der Waals surface area contributed by atoms with Crippen molar-refractivity contribution in [2.24, 2.45) is 5.73 Å². The van der Waals surface area contributed by atoms with Crippen molar-refractivity contribution in [2.45, 2.75) is 6.92 Å². The molecule has 0 fully saturated rings. The van der Waals surface area contributed by atoms with Gasteiger partial charge in [-0.15, -0.1) is 0 Å². The highest BCUT2D eigenvalue weighted by molar-refractivity contribution is 5.94. The van der Waals surface area contributed by atoms with Gasteiger partial charge in [-0.05, 0) is 42.8 Å². The van der Waals surface area contributed by atoms with Crippen LogP contribution in [-0.4, -0.2) is 35.7 Å². The number of amides is 2. The molecule has 0 atom stereocenters. The number of nitrogens with one attached hydrogen (secondary N) is 1. The molecule has 3 rings (SSSR count). The van der Waals surface area contributed by atoms with Crippen molar-refractivity contribution in [3.8, 4) is 11.3 Å². The van der Waals surface area contributed by atoms with Crippen LogP contribution in [0.1, 0.15) is 15.9 Å². The van der Waals surface area contributed by atoms with Crippen molar-refractivity contribution in [3.05, 3.63) is 59.7 Å². The van der Waals surface area contributed by atoms with Crippen molar-refractivity contribution in [1.29, 1.82) is 0 Å². The summed E-state index contributed by atoms with van der Waals surface area (Å²) >= 11 is 0. The van der Waals surface area contributed by atoms with E-state index in [2.05, 4.69) is 15.0 Å². The summed E-state index contributed by atoms with van der Waals surface area (Å²) in [6, 6.07) is 14.4. The second kappa shape index (κ2) is 9.13. The molecule has 2 aromatic carbocycles. The predicted molar refractivity (Wildman–Crippen MR) is 105 cm³/mol. The molecule has 28 heavy (non-hydrogen) atoms. The Morgan fingerprint density at radius 3 is 2.36 bits per heavy atom. The molecule has 0 saturated heterocycles. The summed E-state index contributed by atoms with van der Waals surface area (Å²) in [6.45, 7) is 1.75. The Kier molecular flexibility index (Phi) is 6.64. The Morgan fingerprint density at radius 2 is 1.79 bits per heavy atom. The van der Waals surface area contributed by atoms with Gasteiger partial charge in [0.2, 0.25) is 5.91 Å². The van der Waals surface area contributed by atoms with E-state index in [4.69, 9.17) is 15.6 Å². The SMILES string of the molecule is COC(=O)Nc1ccc2c(C)cc(-c3ccc(C(N)=O)cc3)nc2c1.O=CO. The van der Waals surface area contributed by atoms with Gasteiger partial charge >= 0.3 is 6.09 Å². The van der Waals surface area contributed by atoms with Crippen LogP contribution in [0.2, 0.25) is 0 Å². The molecule has 0 aliphatic carbocycles. The third-order valence-electron chi connectivity index (χ3n) is 3.91. The van der Waals surface area contributed by atoms with Crippen molar-refractivity contribution < 1.29 is 24.2 Å². The molecule has 0 radical (unpaired) electrons. The molecule has 8 nitrogen and oxygen atoms in total. The number of anilines is 1. The number of hydrogen-bond donors (Lipinski definition) is 3. The van der Waals surface area contributed by atoms with Gasteiger partial charge in [0.25, 0.3) is 6.47 Å². The molecule has 3 aromatic rings. The Bertz CT molecular complexity index is 1020. The van der Waals surface area contributed by atoms with E-state index in [1.807, 2.05) is 31.2 Å². The third kappa shape index (κ3) is 4.82. The fourth-order valence-electron chi connectivity index (χ4n) is 2.60. The zero-order valence-corrected chi connectivity index (χ0v) is 15.3. The number of ether oxygens (including phenoxy) is 1. The van der Waals surface area contributed by atoms with Crippen LogP contribution in [-0.2, 0) is 9.53 Å². The van der Waals surface area contributed by atoms with Gasteiger partial charge in [0, 0.05) is 22.2 Å². The van der Waals surface area contributed by atoms with Gasteiger partial charge in [-0.1, -0.05) is 18.2 Å². The molecule has 0 bridgehead atoms. The van der Waals surface area contributed by atoms with Gasteiger partial charge in [-0.3, -0.25) is 14.9 Å². The van der Waals surface area contributed by atoms with Crippen LogP contribution in [0.3, 0.4) is 0 Å². The Labute approximate surface area is 161 Å². The average Bonchev–Trinajstić information content (AvgIpc) is 2.68. The summed E-state index contributed by atoms with van der Waals surface area (Å²) in [4.78, 5) is 35.6. The van der Waals surface area contributed by atoms with Gasteiger partial charge in [-0.25, -0.2) is 9.78 Å². The van der Waals surface area contributed by atoms with E-state index < -0.39 is 12.0 Å². The van der Waals surface area contributed by atoms with E-state index >= 15 is 0 Å². The lowest BCUT2D eigenvalue weighted by molar-refractivity contribution is -0.122. The molecule has 0 aliphatic rings. The zero-order valence-electron chi connectivity index (χ0n) is 15.3. The van der Waals surface area contributed by atoms with E-state index in [0.29, 0.717) is 11.3 Å². The van der Waals surface area contributed by atoms with E-state index in [1.165, 1.54) is 7.11 Å². The van der Waals surface area contributed by atoms with Crippen LogP contribution in [0.25, 0.3) is 22.2 Å². The van der Waals surface area contributed by atoms with E-state index in [-0.39, 0.29) is 6.47 Å². The average molecular weight is 381 g/mol. The van der Waals surface area contributed by atoms with Crippen LogP contribution in [0.4, 0.5) is 10.5 Å². The van der Waals surface area contributed by atoms with Crippen molar-refractivity contribution in [3.63, 3.8) is 0 Å². The standard InChI is InChI=1S/C19H17N3O3.CH2O2/c1-11-9-16(12-3-5-13(6-4-12)18(20)23)22-17-10-14(7-8-15(11)17)21-19(24)25-2;2-1-3/h3-10H,1-2H3,(H2,20,23)(H,21,24);1H,(H,2,3). The number of benzene rings is 2. The van der Waals surface area contributed by atoms with E-state index in [1.54, 1.807) is 24.3 Å². The first-order valence-corrected chi connectivity index (χ1v) is 8.14. The van der Waals surface area contributed by atoms with Crippen LogP contribution >= 0.6 is 0 Å². The highest BCUT2D eigenvalue weighted by Crippen LogP contribution is 2.26. The lowest BCUT2D eigenvalue weighted by Gasteiger charge is -2.09.